The number of hydrogen-bond donors (Lipinski definition) is 2. The predicted molar refractivity (Wildman–Crippen MR) is 36.1 cm³/mol. The summed E-state index contributed by atoms with van der Waals surface area (Å²) >= 11 is 0. The van der Waals surface area contributed by atoms with Crippen molar-refractivity contribution < 1.29 is 9.90 Å². The molecule has 0 amide bonds. The molecule has 4 heteroatoms. The lowest BCUT2D eigenvalue weighted by Crippen LogP contribution is -2.39. The van der Waals surface area contributed by atoms with E-state index in [0.717, 1.165) is 5.57 Å². The maximum Gasteiger partial charge on any atom is 0.327 e. The fraction of sp³-hybridized carbons (Fsp3) is 0.500. The number of hydrazine groups is 1. The van der Waals surface area contributed by atoms with Gasteiger partial charge in [0.05, 0.1) is 0 Å². The van der Waals surface area contributed by atoms with Crippen LogP contribution < -0.4 is 5.43 Å². The van der Waals surface area contributed by atoms with Crippen molar-refractivity contribution in [3.8, 4) is 0 Å². The summed E-state index contributed by atoms with van der Waals surface area (Å²) in [6, 6.07) is -0.500. The van der Waals surface area contributed by atoms with Gasteiger partial charge in [0.25, 0.3) is 0 Å². The van der Waals surface area contributed by atoms with Gasteiger partial charge in [-0.25, -0.2) is 5.01 Å². The van der Waals surface area contributed by atoms with Gasteiger partial charge >= 0.3 is 5.97 Å². The summed E-state index contributed by atoms with van der Waals surface area (Å²) in [4.78, 5) is 10.5. The van der Waals surface area contributed by atoms with Crippen LogP contribution in [0.2, 0.25) is 0 Å². The lowest BCUT2D eigenvalue weighted by Gasteiger charge is -2.16. The smallest absolute Gasteiger partial charge is 0.327 e. The number of aliphatic carboxylic acids is 1. The molecule has 1 aliphatic heterocycles. The van der Waals surface area contributed by atoms with E-state index in [9.17, 15) is 4.79 Å². The van der Waals surface area contributed by atoms with E-state index in [4.69, 9.17) is 5.11 Å². The van der Waals surface area contributed by atoms with Crippen LogP contribution in [0.3, 0.4) is 0 Å². The maximum atomic E-state index is 10.5. The second-order valence-corrected chi connectivity index (χ2v) is 2.37. The lowest BCUT2D eigenvalue weighted by atomic mass is 10.1. The molecule has 0 aromatic heterocycles. The van der Waals surface area contributed by atoms with Crippen molar-refractivity contribution in [3.05, 3.63) is 11.8 Å². The van der Waals surface area contributed by atoms with Gasteiger partial charge < -0.3 is 10.5 Å². The van der Waals surface area contributed by atoms with E-state index >= 15 is 0 Å². The Morgan fingerprint density at radius 3 is 2.70 bits per heavy atom. The van der Waals surface area contributed by atoms with Gasteiger partial charge in [0, 0.05) is 13.2 Å². The molecule has 0 spiro atoms. The summed E-state index contributed by atoms with van der Waals surface area (Å²) in [5.74, 6) is -0.818. The Bertz CT molecular complexity index is 188. The summed E-state index contributed by atoms with van der Waals surface area (Å²) in [7, 11) is 1.70. The quantitative estimate of drug-likeness (QED) is 0.532. The van der Waals surface area contributed by atoms with Crippen molar-refractivity contribution in [2.45, 2.75) is 13.0 Å². The highest BCUT2D eigenvalue weighted by molar-refractivity contribution is 5.77. The summed E-state index contributed by atoms with van der Waals surface area (Å²) < 4.78 is 0. The Kier molecular flexibility index (Phi) is 1.63. The predicted octanol–water partition coefficient (Wildman–Crippen LogP) is -0.207. The first-order chi connectivity index (χ1) is 4.63. The first-order valence-corrected chi connectivity index (χ1v) is 3.01. The van der Waals surface area contributed by atoms with Crippen molar-refractivity contribution in [3.63, 3.8) is 0 Å². The Morgan fingerprint density at radius 1 is 1.90 bits per heavy atom. The molecule has 0 aromatic carbocycles. The van der Waals surface area contributed by atoms with Gasteiger partial charge in [-0.1, -0.05) is 0 Å². The van der Waals surface area contributed by atoms with Crippen LogP contribution in [0.4, 0.5) is 0 Å². The SMILES string of the molecule is CC1=CNN(C)C1C(=O)O. The van der Waals surface area contributed by atoms with Crippen molar-refractivity contribution in [2.24, 2.45) is 0 Å². The van der Waals surface area contributed by atoms with E-state index in [-0.39, 0.29) is 0 Å². The van der Waals surface area contributed by atoms with Gasteiger partial charge in [-0.15, -0.1) is 0 Å². The minimum absolute atomic E-state index is 0.500. The number of nitrogens with zero attached hydrogens (tertiary/aromatic N) is 1. The average Bonchev–Trinajstić information content (AvgIpc) is 2.11. The number of carboxylic acids is 1. The van der Waals surface area contributed by atoms with Crippen LogP contribution in [-0.2, 0) is 4.79 Å². The first-order valence-electron chi connectivity index (χ1n) is 3.01. The van der Waals surface area contributed by atoms with Crippen LogP contribution in [-0.4, -0.2) is 29.2 Å². The topological polar surface area (TPSA) is 52.6 Å². The molecule has 0 fully saturated rings. The zero-order chi connectivity index (χ0) is 7.72. The molecule has 0 saturated carbocycles. The Hall–Kier alpha value is -1.03. The van der Waals surface area contributed by atoms with E-state index < -0.39 is 12.0 Å². The fourth-order valence-electron chi connectivity index (χ4n) is 1.02. The number of nitrogens with one attached hydrogen (secondary N) is 1. The zero-order valence-corrected chi connectivity index (χ0v) is 5.96. The van der Waals surface area contributed by atoms with Crippen molar-refractivity contribution in [2.75, 3.05) is 7.05 Å². The van der Waals surface area contributed by atoms with Gasteiger partial charge in [0.15, 0.2) is 0 Å². The number of carbonyl (C=O) groups is 1. The van der Waals surface area contributed by atoms with Crippen molar-refractivity contribution in [1.82, 2.24) is 10.4 Å². The standard InChI is InChI=1S/C6H10N2O2/c1-4-3-7-8(2)5(4)6(9)10/h3,5,7H,1-2H3,(H,9,10). The number of likely N-dealkylation sites (N-methyl/N-ethyl adjacent to an activating group) is 1. The molecule has 1 rings (SSSR count). The molecule has 0 aromatic rings. The third-order valence-electron chi connectivity index (χ3n) is 1.55. The maximum absolute atomic E-state index is 10.5. The summed E-state index contributed by atoms with van der Waals surface area (Å²) in [5, 5.41) is 10.2. The van der Waals surface area contributed by atoms with E-state index in [1.807, 2.05) is 0 Å². The molecular weight excluding hydrogens is 132 g/mol. The fourth-order valence-corrected chi connectivity index (χ4v) is 1.02. The molecule has 56 valence electrons. The molecule has 0 bridgehead atoms. The highest BCUT2D eigenvalue weighted by atomic mass is 16.4. The molecule has 1 unspecified atom stereocenters. The van der Waals surface area contributed by atoms with Gasteiger partial charge in [0.2, 0.25) is 0 Å². The van der Waals surface area contributed by atoms with Crippen molar-refractivity contribution in [1.29, 1.82) is 0 Å². The molecule has 1 atom stereocenters. The molecule has 0 saturated heterocycles. The van der Waals surface area contributed by atoms with Gasteiger partial charge in [-0.2, -0.15) is 0 Å². The van der Waals surface area contributed by atoms with E-state index in [0.29, 0.717) is 0 Å². The Balaban J connectivity index is 2.74. The second kappa shape index (κ2) is 2.30. The number of carboxylic acid groups (broad SMARTS) is 1. The molecule has 0 radical (unpaired) electrons. The van der Waals surface area contributed by atoms with Crippen LogP contribution >= 0.6 is 0 Å². The molecule has 0 aliphatic carbocycles. The summed E-state index contributed by atoms with van der Waals surface area (Å²) in [6.45, 7) is 1.79. The monoisotopic (exact) mass is 142 g/mol. The normalized spacial score (nSPS) is 25.8. The third-order valence-corrected chi connectivity index (χ3v) is 1.55. The lowest BCUT2D eigenvalue weighted by molar-refractivity contribution is -0.141. The highest BCUT2D eigenvalue weighted by Crippen LogP contribution is 2.11. The van der Waals surface area contributed by atoms with E-state index in [1.54, 1.807) is 25.2 Å². The minimum Gasteiger partial charge on any atom is -0.480 e. The van der Waals surface area contributed by atoms with E-state index in [2.05, 4.69) is 5.43 Å². The summed E-state index contributed by atoms with van der Waals surface area (Å²) in [6.07, 6.45) is 1.69. The Morgan fingerprint density at radius 2 is 2.50 bits per heavy atom. The largest absolute Gasteiger partial charge is 0.480 e. The zero-order valence-electron chi connectivity index (χ0n) is 5.96. The average molecular weight is 142 g/mol. The highest BCUT2D eigenvalue weighted by Gasteiger charge is 2.27. The third kappa shape index (κ3) is 0.974. The van der Waals surface area contributed by atoms with Gasteiger partial charge in [0.1, 0.15) is 6.04 Å². The second-order valence-electron chi connectivity index (χ2n) is 2.37. The van der Waals surface area contributed by atoms with Crippen LogP contribution in [0, 0.1) is 0 Å². The molecule has 4 nitrogen and oxygen atoms in total. The van der Waals surface area contributed by atoms with Crippen LogP contribution in [0.15, 0.2) is 11.8 Å². The van der Waals surface area contributed by atoms with E-state index in [1.165, 1.54) is 0 Å². The molecular formula is C6H10N2O2. The van der Waals surface area contributed by atoms with Crippen LogP contribution in [0.5, 0.6) is 0 Å². The van der Waals surface area contributed by atoms with Gasteiger partial charge in [-0.3, -0.25) is 4.79 Å². The molecule has 1 heterocycles. The minimum atomic E-state index is -0.818. The van der Waals surface area contributed by atoms with Gasteiger partial charge in [-0.05, 0) is 12.5 Å². The van der Waals surface area contributed by atoms with Crippen LogP contribution in [0.1, 0.15) is 6.92 Å². The molecule has 1 aliphatic rings. The molecule has 10 heavy (non-hydrogen) atoms. The first kappa shape index (κ1) is 7.08. The van der Waals surface area contributed by atoms with Crippen LogP contribution in [0.25, 0.3) is 0 Å². The molecule has 2 N–H and O–H groups in total. The summed E-state index contributed by atoms with van der Waals surface area (Å²) in [5.41, 5.74) is 3.62. The number of rotatable bonds is 1. The number of hydrogen-bond acceptors (Lipinski definition) is 3. The Labute approximate surface area is 59.1 Å². The van der Waals surface area contributed by atoms with Crippen molar-refractivity contribution >= 4 is 5.97 Å².